The van der Waals surface area contributed by atoms with Gasteiger partial charge in [0.25, 0.3) is 5.69 Å². The van der Waals surface area contributed by atoms with Gasteiger partial charge in [-0.2, -0.15) is 0 Å². The molecule has 1 aliphatic heterocycles. The van der Waals surface area contributed by atoms with Crippen LogP contribution in [0.1, 0.15) is 17.7 Å². The van der Waals surface area contributed by atoms with Crippen LogP contribution in [0.5, 0.6) is 0 Å². The molecular weight excluding hydrogens is 474 g/mol. The zero-order valence-electron chi connectivity index (χ0n) is 17.1. The molecule has 0 bridgehead atoms. The monoisotopic (exact) mass is 493 g/mol. The molecule has 3 aromatic rings. The lowest BCUT2D eigenvalue weighted by atomic mass is 10.2. The van der Waals surface area contributed by atoms with E-state index in [0.717, 1.165) is 30.8 Å². The molecule has 168 valence electrons. The fourth-order valence-electron chi connectivity index (χ4n) is 3.37. The van der Waals surface area contributed by atoms with Crippen LogP contribution in [-0.4, -0.2) is 44.1 Å². The van der Waals surface area contributed by atoms with E-state index < -0.39 is 4.92 Å². The predicted molar refractivity (Wildman–Crippen MR) is 125 cm³/mol. The Bertz CT molecular complexity index is 1140. The second-order valence-electron chi connectivity index (χ2n) is 7.26. The number of ether oxygens (including phenoxy) is 1. The van der Waals surface area contributed by atoms with Gasteiger partial charge in [-0.15, -0.1) is 21.5 Å². The van der Waals surface area contributed by atoms with Crippen LogP contribution in [0.15, 0.2) is 34.8 Å². The number of aryl methyl sites for hydroxylation is 1. The normalized spacial score (nSPS) is 15.8. The van der Waals surface area contributed by atoms with E-state index >= 15 is 0 Å². The number of benzene rings is 1. The highest BCUT2D eigenvalue weighted by Crippen LogP contribution is 2.30. The van der Waals surface area contributed by atoms with Crippen LogP contribution in [0.25, 0.3) is 11.4 Å². The summed E-state index contributed by atoms with van der Waals surface area (Å²) in [5.41, 5.74) is 1.03. The molecule has 1 aliphatic rings. The van der Waals surface area contributed by atoms with Crippen molar-refractivity contribution in [2.45, 2.75) is 37.6 Å². The second-order valence-corrected chi connectivity index (χ2v) is 9.72. The Balaban J connectivity index is 1.49. The zero-order valence-corrected chi connectivity index (χ0v) is 19.5. The molecule has 2 aromatic heterocycles. The number of nitrogens with zero attached hydrogens (tertiary/aromatic N) is 4. The van der Waals surface area contributed by atoms with Gasteiger partial charge in [0.1, 0.15) is 0 Å². The summed E-state index contributed by atoms with van der Waals surface area (Å²) in [4.78, 5) is 24.1. The number of non-ortho nitro benzene ring substituents is 1. The average molecular weight is 494 g/mol. The zero-order chi connectivity index (χ0) is 22.7. The number of thioether (sulfide) groups is 1. The van der Waals surface area contributed by atoms with Gasteiger partial charge in [-0.25, -0.2) is 0 Å². The molecule has 3 heterocycles. The highest BCUT2D eigenvalue weighted by molar-refractivity contribution is 7.99. The lowest BCUT2D eigenvalue weighted by Gasteiger charge is -2.14. The number of aromatic nitrogens is 3. The first-order valence-electron chi connectivity index (χ1n) is 9.87. The number of rotatable bonds is 8. The molecule has 4 rings (SSSR count). The Morgan fingerprint density at radius 1 is 1.44 bits per heavy atom. The quantitative estimate of drug-likeness (QED) is 0.273. The van der Waals surface area contributed by atoms with Gasteiger partial charge in [0.05, 0.1) is 34.0 Å². The van der Waals surface area contributed by atoms with E-state index in [1.807, 2.05) is 16.9 Å². The van der Waals surface area contributed by atoms with Gasteiger partial charge in [0, 0.05) is 34.6 Å². The molecule has 32 heavy (non-hydrogen) atoms. The number of carbonyl (C=O) groups excluding carboxylic acids is 1. The minimum Gasteiger partial charge on any atom is -0.376 e. The molecule has 0 spiro atoms. The first kappa shape index (κ1) is 22.7. The van der Waals surface area contributed by atoms with Gasteiger partial charge in [-0.05, 0) is 31.9 Å². The summed E-state index contributed by atoms with van der Waals surface area (Å²) in [6.07, 6.45) is 2.08. The molecular formula is C20H20ClN5O4S2. The molecule has 1 aromatic carbocycles. The largest absolute Gasteiger partial charge is 0.376 e. The maximum absolute atomic E-state index is 12.5. The Morgan fingerprint density at radius 3 is 2.97 bits per heavy atom. The summed E-state index contributed by atoms with van der Waals surface area (Å²) >= 11 is 8.96. The van der Waals surface area contributed by atoms with Crippen molar-refractivity contribution in [2.75, 3.05) is 17.7 Å². The van der Waals surface area contributed by atoms with Crippen molar-refractivity contribution >= 4 is 52.0 Å². The minimum absolute atomic E-state index is 0.0470. The van der Waals surface area contributed by atoms with E-state index in [1.54, 1.807) is 11.3 Å². The number of thiophene rings is 1. The van der Waals surface area contributed by atoms with Gasteiger partial charge in [0.15, 0.2) is 11.0 Å². The molecule has 9 nitrogen and oxygen atoms in total. The molecule has 0 radical (unpaired) electrons. The summed E-state index contributed by atoms with van der Waals surface area (Å²) in [5.74, 6) is 0.442. The van der Waals surface area contributed by atoms with E-state index in [0.29, 0.717) is 11.7 Å². The molecule has 1 atom stereocenters. The number of hydrogen-bond acceptors (Lipinski definition) is 8. The molecule has 0 aliphatic carbocycles. The number of carbonyl (C=O) groups is 1. The van der Waals surface area contributed by atoms with E-state index in [2.05, 4.69) is 21.6 Å². The van der Waals surface area contributed by atoms with Crippen LogP contribution in [0.4, 0.5) is 11.4 Å². The van der Waals surface area contributed by atoms with Crippen molar-refractivity contribution in [3.05, 3.63) is 49.7 Å². The summed E-state index contributed by atoms with van der Waals surface area (Å²) in [7, 11) is 0. The molecule has 1 saturated heterocycles. The lowest BCUT2D eigenvalue weighted by molar-refractivity contribution is -0.384. The Morgan fingerprint density at radius 2 is 2.28 bits per heavy atom. The van der Waals surface area contributed by atoms with Crippen LogP contribution < -0.4 is 5.32 Å². The third-order valence-electron chi connectivity index (χ3n) is 4.88. The highest BCUT2D eigenvalue weighted by Gasteiger charge is 2.23. The molecule has 0 unspecified atom stereocenters. The van der Waals surface area contributed by atoms with E-state index in [1.165, 1.54) is 34.8 Å². The Labute approximate surface area is 197 Å². The lowest BCUT2D eigenvalue weighted by Crippen LogP contribution is -2.18. The molecule has 0 saturated carbocycles. The number of nitrogens with one attached hydrogen (secondary N) is 1. The van der Waals surface area contributed by atoms with Crippen molar-refractivity contribution in [3.63, 3.8) is 0 Å². The first-order chi connectivity index (χ1) is 15.4. The summed E-state index contributed by atoms with van der Waals surface area (Å²) in [6, 6.07) is 5.97. The second kappa shape index (κ2) is 9.99. The topological polar surface area (TPSA) is 112 Å². The summed E-state index contributed by atoms with van der Waals surface area (Å²) in [6.45, 7) is 3.39. The molecule has 12 heteroatoms. The highest BCUT2D eigenvalue weighted by atomic mass is 35.5. The van der Waals surface area contributed by atoms with Gasteiger partial charge < -0.3 is 10.1 Å². The van der Waals surface area contributed by atoms with Gasteiger partial charge in [0.2, 0.25) is 5.91 Å². The van der Waals surface area contributed by atoms with Crippen LogP contribution in [0.3, 0.4) is 0 Å². The van der Waals surface area contributed by atoms with Crippen molar-refractivity contribution in [1.82, 2.24) is 14.8 Å². The summed E-state index contributed by atoms with van der Waals surface area (Å²) in [5, 5.41) is 25.2. The van der Waals surface area contributed by atoms with Crippen molar-refractivity contribution in [3.8, 4) is 11.4 Å². The number of nitro groups is 1. The number of nitro benzene ring substituents is 1. The van der Waals surface area contributed by atoms with Crippen molar-refractivity contribution in [2.24, 2.45) is 0 Å². The van der Waals surface area contributed by atoms with Crippen molar-refractivity contribution in [1.29, 1.82) is 0 Å². The van der Waals surface area contributed by atoms with Crippen LogP contribution in [-0.2, 0) is 16.1 Å². The number of hydrogen-bond donors (Lipinski definition) is 1. The first-order valence-corrected chi connectivity index (χ1v) is 12.1. The molecule has 1 fully saturated rings. The number of amides is 1. The van der Waals surface area contributed by atoms with Crippen LogP contribution in [0.2, 0.25) is 5.02 Å². The van der Waals surface area contributed by atoms with Crippen LogP contribution >= 0.6 is 34.7 Å². The smallest absolute Gasteiger partial charge is 0.271 e. The predicted octanol–water partition coefficient (Wildman–Crippen LogP) is 4.79. The van der Waals surface area contributed by atoms with Gasteiger partial charge in [-0.1, -0.05) is 23.4 Å². The molecule has 1 amide bonds. The molecule has 1 N–H and O–H groups in total. The van der Waals surface area contributed by atoms with E-state index in [4.69, 9.17) is 16.3 Å². The average Bonchev–Trinajstić information content (AvgIpc) is 3.50. The number of halogens is 1. The van der Waals surface area contributed by atoms with Gasteiger partial charge >= 0.3 is 0 Å². The van der Waals surface area contributed by atoms with Crippen LogP contribution in [0, 0.1) is 17.0 Å². The SMILES string of the molecule is Cc1cc(-c2nnc(SCC(=O)Nc3cc([N+](=O)[O-])ccc3Cl)n2C[C@@H]2CCCO2)cs1. The maximum Gasteiger partial charge on any atom is 0.271 e. The van der Waals surface area contributed by atoms with Crippen molar-refractivity contribution < 1.29 is 14.5 Å². The fourth-order valence-corrected chi connectivity index (χ4v) is 4.96. The summed E-state index contributed by atoms with van der Waals surface area (Å²) < 4.78 is 7.79. The minimum atomic E-state index is -0.540. The third kappa shape index (κ3) is 5.29. The Hall–Kier alpha value is -2.47. The maximum atomic E-state index is 12.5. The number of anilines is 1. The standard InChI is InChI=1S/C20H20ClN5O4S2/c1-12-7-13(10-31-12)19-23-24-20(25(19)9-15-3-2-6-30-15)32-11-18(27)22-17-8-14(26(28)29)4-5-16(17)21/h4-5,7-8,10,15H,2-3,6,9,11H2,1H3,(H,22,27)/t15-/m0/s1. The van der Waals surface area contributed by atoms with E-state index in [9.17, 15) is 14.9 Å². The third-order valence-corrected chi connectivity index (χ3v) is 7.04. The van der Waals surface area contributed by atoms with Gasteiger partial charge in [-0.3, -0.25) is 19.5 Å². The van der Waals surface area contributed by atoms with E-state index in [-0.39, 0.29) is 34.2 Å². The fraction of sp³-hybridized carbons (Fsp3) is 0.350. The Kier molecular flexibility index (Phi) is 7.09.